The molecule has 2 aromatic heterocycles. The maximum absolute atomic E-state index is 14.0. The number of anilines is 1. The fraction of sp³-hybridized carbons (Fsp3) is 0.481. The van der Waals surface area contributed by atoms with Crippen LogP contribution in [0.3, 0.4) is 0 Å². The lowest BCUT2D eigenvalue weighted by atomic mass is 9.97. The topological polar surface area (TPSA) is 200 Å². The summed E-state index contributed by atoms with van der Waals surface area (Å²) >= 11 is 0. The molecule has 16 heteroatoms. The highest BCUT2D eigenvalue weighted by Crippen LogP contribution is 2.48. The molecule has 0 aliphatic carbocycles. The third-order valence-corrected chi connectivity index (χ3v) is 8.39. The molecule has 43 heavy (non-hydrogen) atoms. The number of benzene rings is 1. The number of aromatic nitrogens is 3. The molecule has 1 saturated heterocycles. The minimum Gasteiger partial charge on any atom is -0.462 e. The molecule has 234 valence electrons. The molecule has 3 aromatic rings. The van der Waals surface area contributed by atoms with Crippen molar-refractivity contribution in [2.24, 2.45) is 0 Å². The fourth-order valence-electron chi connectivity index (χ4n) is 4.48. The average Bonchev–Trinajstić information content (AvgIpc) is 3.47. The first-order valence-corrected chi connectivity index (χ1v) is 15.0. The van der Waals surface area contributed by atoms with E-state index in [1.165, 1.54) is 53.9 Å². The van der Waals surface area contributed by atoms with Crippen LogP contribution in [0.4, 0.5) is 5.82 Å². The maximum Gasteiger partial charge on any atom is 0.459 e. The predicted molar refractivity (Wildman–Crippen MR) is 154 cm³/mol. The summed E-state index contributed by atoms with van der Waals surface area (Å²) in [6.45, 7) is 5.71. The van der Waals surface area contributed by atoms with Gasteiger partial charge < -0.3 is 34.8 Å². The summed E-state index contributed by atoms with van der Waals surface area (Å²) in [4.78, 5) is 30.1. The molecule has 0 saturated carbocycles. The molecule has 4 rings (SSSR count). The predicted octanol–water partition coefficient (Wildman–Crippen LogP) is 1.70. The van der Waals surface area contributed by atoms with E-state index in [0.717, 1.165) is 0 Å². The number of amides is 1. The minimum absolute atomic E-state index is 0.0726. The number of ether oxygens (including phenoxy) is 2. The Kier molecular flexibility index (Phi) is 9.45. The fourth-order valence-corrected chi connectivity index (χ4v) is 6.07. The van der Waals surface area contributed by atoms with Crippen LogP contribution in [-0.4, -0.2) is 92.2 Å². The summed E-state index contributed by atoms with van der Waals surface area (Å²) < 4.78 is 38.2. The molecular formula is C27H37N6O9P. The van der Waals surface area contributed by atoms with Gasteiger partial charge in [-0.1, -0.05) is 0 Å². The first-order chi connectivity index (χ1) is 20.1. The Morgan fingerprint density at radius 3 is 2.49 bits per heavy atom. The zero-order chi connectivity index (χ0) is 31.7. The molecule has 1 aliphatic heterocycles. The van der Waals surface area contributed by atoms with E-state index in [1.807, 2.05) is 0 Å². The number of esters is 1. The number of nitrogens with zero attached hydrogens (tertiary/aromatic N) is 4. The summed E-state index contributed by atoms with van der Waals surface area (Å²) in [5.74, 6) is -0.653. The van der Waals surface area contributed by atoms with Crippen molar-refractivity contribution in [3.63, 3.8) is 0 Å². The molecule has 1 aliphatic rings. The largest absolute Gasteiger partial charge is 0.462 e. The van der Waals surface area contributed by atoms with Gasteiger partial charge in [0.15, 0.2) is 5.82 Å². The van der Waals surface area contributed by atoms with Crippen molar-refractivity contribution in [3.8, 4) is 5.75 Å². The van der Waals surface area contributed by atoms with Crippen molar-refractivity contribution in [2.75, 3.05) is 26.4 Å². The molecule has 6 atom stereocenters. The van der Waals surface area contributed by atoms with E-state index < -0.39 is 56.4 Å². The van der Waals surface area contributed by atoms with Gasteiger partial charge in [0.25, 0.3) is 5.91 Å². The van der Waals surface area contributed by atoms with Crippen LogP contribution >= 0.6 is 7.75 Å². The molecule has 0 radical (unpaired) electrons. The van der Waals surface area contributed by atoms with Gasteiger partial charge in [-0.2, -0.15) is 10.2 Å². The molecule has 3 heterocycles. The van der Waals surface area contributed by atoms with Gasteiger partial charge in [-0.15, -0.1) is 0 Å². The molecule has 1 fully saturated rings. The molecule has 0 spiro atoms. The number of rotatable bonds is 11. The van der Waals surface area contributed by atoms with Gasteiger partial charge in [0, 0.05) is 19.7 Å². The number of carbonyl (C=O) groups excluding carboxylic acids is 2. The van der Waals surface area contributed by atoms with Crippen LogP contribution in [0.5, 0.6) is 5.75 Å². The smallest absolute Gasteiger partial charge is 0.459 e. The molecule has 1 aromatic carbocycles. The number of nitrogen functional groups attached to an aromatic ring is 1. The number of nitrogens with one attached hydrogen (secondary N) is 1. The normalized spacial score (nSPS) is 24.1. The van der Waals surface area contributed by atoms with Gasteiger partial charge in [-0.3, -0.25) is 14.1 Å². The second-order valence-electron chi connectivity index (χ2n) is 10.9. The molecule has 5 N–H and O–H groups in total. The molecule has 0 bridgehead atoms. The van der Waals surface area contributed by atoms with E-state index >= 15 is 0 Å². The van der Waals surface area contributed by atoms with Crippen molar-refractivity contribution in [2.45, 2.75) is 63.8 Å². The summed E-state index contributed by atoms with van der Waals surface area (Å²) in [7, 11) is -1.16. The number of aliphatic hydroxyl groups is 2. The Hall–Kier alpha value is -3.59. The van der Waals surface area contributed by atoms with Gasteiger partial charge >= 0.3 is 13.7 Å². The quantitative estimate of drug-likeness (QED) is 0.178. The summed E-state index contributed by atoms with van der Waals surface area (Å²) in [6, 6.07) is 8.00. The Bertz CT molecular complexity index is 1510. The van der Waals surface area contributed by atoms with E-state index in [1.54, 1.807) is 40.1 Å². The van der Waals surface area contributed by atoms with E-state index in [0.29, 0.717) is 16.8 Å². The second kappa shape index (κ2) is 12.6. The Morgan fingerprint density at radius 1 is 1.19 bits per heavy atom. The lowest BCUT2D eigenvalue weighted by Gasteiger charge is -2.30. The van der Waals surface area contributed by atoms with Crippen LogP contribution < -0.4 is 15.3 Å². The highest BCUT2D eigenvalue weighted by Gasteiger charge is 2.54. The van der Waals surface area contributed by atoms with Gasteiger partial charge in [-0.05, 0) is 64.1 Å². The monoisotopic (exact) mass is 620 g/mol. The van der Waals surface area contributed by atoms with Crippen molar-refractivity contribution in [3.05, 3.63) is 54.0 Å². The number of nitrogens with two attached hydrogens (primary N) is 1. The first-order valence-electron chi connectivity index (χ1n) is 13.5. The third-order valence-electron chi connectivity index (χ3n) is 6.77. The van der Waals surface area contributed by atoms with E-state index in [9.17, 15) is 24.4 Å². The van der Waals surface area contributed by atoms with Crippen molar-refractivity contribution >= 4 is 31.0 Å². The van der Waals surface area contributed by atoms with E-state index in [4.69, 9.17) is 24.3 Å². The average molecular weight is 621 g/mol. The Balaban J connectivity index is 1.57. The highest BCUT2D eigenvalue weighted by atomic mass is 31.2. The maximum atomic E-state index is 14.0. The number of aliphatic hydroxyl groups excluding tert-OH is 2. The van der Waals surface area contributed by atoms with Crippen LogP contribution in [0.2, 0.25) is 0 Å². The molecule has 1 unspecified atom stereocenters. The number of carbonyl (C=O) groups is 2. The van der Waals surface area contributed by atoms with E-state index in [-0.39, 0.29) is 17.5 Å². The minimum atomic E-state index is -4.38. The van der Waals surface area contributed by atoms with Crippen LogP contribution in [0.1, 0.15) is 49.9 Å². The SMILES string of the molecule is CC(C)OC(=O)[C@H](C)NP(=O)(OC[C@@]1(C)O[C@@H](c2ccc3c(N)ncnn23)[C@H](O)[C@@H]1O)Oc1ccc(C(=O)N(C)C)cc1. The zero-order valence-corrected chi connectivity index (χ0v) is 25.6. The van der Waals surface area contributed by atoms with Crippen molar-refractivity contribution in [1.82, 2.24) is 24.6 Å². The lowest BCUT2D eigenvalue weighted by Crippen LogP contribution is -2.45. The van der Waals surface area contributed by atoms with E-state index in [2.05, 4.69) is 15.2 Å². The summed E-state index contributed by atoms with van der Waals surface area (Å²) in [5, 5.41) is 28.7. The van der Waals surface area contributed by atoms with Crippen LogP contribution in [0.15, 0.2) is 42.7 Å². The Labute approximate surface area is 248 Å². The molecular weight excluding hydrogens is 583 g/mol. The van der Waals surface area contributed by atoms with Crippen LogP contribution in [0, 0.1) is 0 Å². The number of fused-ring (bicyclic) bond motifs is 1. The zero-order valence-electron chi connectivity index (χ0n) is 24.7. The third kappa shape index (κ3) is 6.98. The Morgan fingerprint density at radius 2 is 1.86 bits per heavy atom. The first kappa shape index (κ1) is 32.3. The van der Waals surface area contributed by atoms with Crippen molar-refractivity contribution < 1.29 is 42.9 Å². The number of hydrogen-bond acceptors (Lipinski definition) is 12. The van der Waals surface area contributed by atoms with Gasteiger partial charge in [0.05, 0.1) is 18.4 Å². The standard InChI is InChI=1S/C27H37N6O9P/c1-15(2)40-26(37)16(3)31-43(38,42-18-9-7-17(8-10-18)25(36)32(5)6)39-13-27(4)23(35)21(34)22(41-27)19-11-12-20-24(28)29-14-30-33(19)20/h7-12,14-16,21-23,34-35H,13H2,1-6H3,(H,31,38)(H2,28,29,30)/t16-,21-,22-,23-,27+,43?/m0/s1. The number of hydrogen-bond donors (Lipinski definition) is 4. The van der Waals surface area contributed by atoms with Crippen LogP contribution in [-0.2, 0) is 23.4 Å². The lowest BCUT2D eigenvalue weighted by molar-refractivity contribution is -0.149. The summed E-state index contributed by atoms with van der Waals surface area (Å²) in [6.07, 6.45) is -3.15. The summed E-state index contributed by atoms with van der Waals surface area (Å²) in [5.41, 5.74) is 5.58. The molecule has 15 nitrogen and oxygen atoms in total. The van der Waals surface area contributed by atoms with Gasteiger partial charge in [0.1, 0.15) is 47.5 Å². The van der Waals surface area contributed by atoms with Crippen molar-refractivity contribution in [1.29, 1.82) is 0 Å². The van der Waals surface area contributed by atoms with Gasteiger partial charge in [0.2, 0.25) is 0 Å². The second-order valence-corrected chi connectivity index (χ2v) is 12.6. The van der Waals surface area contributed by atoms with Gasteiger partial charge in [-0.25, -0.2) is 14.1 Å². The highest BCUT2D eigenvalue weighted by molar-refractivity contribution is 7.52. The van der Waals surface area contributed by atoms with Crippen LogP contribution in [0.25, 0.3) is 5.52 Å². The molecule has 1 amide bonds.